The molecule has 2 rings (SSSR count). The molecule has 1 aliphatic rings. The first-order chi connectivity index (χ1) is 8.62. The lowest BCUT2D eigenvalue weighted by molar-refractivity contribution is 0.414. The first-order valence-electron chi connectivity index (χ1n) is 5.99. The second-order valence-electron chi connectivity index (χ2n) is 4.32. The van der Waals surface area contributed by atoms with Gasteiger partial charge in [0.1, 0.15) is 5.75 Å². The molecule has 0 saturated carbocycles. The van der Waals surface area contributed by atoms with Crippen LogP contribution in [0.15, 0.2) is 29.2 Å². The molecular weight excluding hydrogens is 252 g/mol. The van der Waals surface area contributed by atoms with Gasteiger partial charge in [0.15, 0.2) is 0 Å². The fourth-order valence-electron chi connectivity index (χ4n) is 1.98. The summed E-state index contributed by atoms with van der Waals surface area (Å²) in [6.07, 6.45) is 1.66. The maximum atomic E-state index is 12.1. The minimum Gasteiger partial charge on any atom is -0.497 e. The van der Waals surface area contributed by atoms with Crippen LogP contribution in [0.3, 0.4) is 0 Å². The van der Waals surface area contributed by atoms with Gasteiger partial charge in [-0.3, -0.25) is 0 Å². The Balaban J connectivity index is 2.08. The van der Waals surface area contributed by atoms with Crippen LogP contribution in [-0.4, -0.2) is 34.7 Å². The standard InChI is InChI=1S/C12H18N2O3S/c1-17-11-2-4-12(5-3-11)18(15,16)14-10-6-8-13-9-7-10/h2-5,10,13-14H,6-9H2,1H3. The van der Waals surface area contributed by atoms with Crippen molar-refractivity contribution in [2.24, 2.45) is 0 Å². The summed E-state index contributed by atoms with van der Waals surface area (Å²) in [4.78, 5) is 0.279. The van der Waals surface area contributed by atoms with Gasteiger partial charge >= 0.3 is 0 Å². The van der Waals surface area contributed by atoms with Gasteiger partial charge in [0.25, 0.3) is 0 Å². The van der Waals surface area contributed by atoms with Gasteiger partial charge in [0, 0.05) is 6.04 Å². The maximum Gasteiger partial charge on any atom is 0.240 e. The molecule has 1 fully saturated rings. The molecule has 6 heteroatoms. The average molecular weight is 270 g/mol. The Kier molecular flexibility index (Phi) is 4.21. The van der Waals surface area contributed by atoms with Crippen LogP contribution in [-0.2, 0) is 10.0 Å². The van der Waals surface area contributed by atoms with Gasteiger partial charge in [-0.1, -0.05) is 0 Å². The number of nitrogens with one attached hydrogen (secondary N) is 2. The van der Waals surface area contributed by atoms with Crippen molar-refractivity contribution in [2.45, 2.75) is 23.8 Å². The van der Waals surface area contributed by atoms with Gasteiger partial charge in [-0.2, -0.15) is 0 Å². The van der Waals surface area contributed by atoms with Crippen molar-refractivity contribution in [3.8, 4) is 5.75 Å². The quantitative estimate of drug-likeness (QED) is 0.846. The van der Waals surface area contributed by atoms with E-state index >= 15 is 0 Å². The molecule has 1 aromatic rings. The number of rotatable bonds is 4. The Hall–Kier alpha value is -1.11. The van der Waals surface area contributed by atoms with Gasteiger partial charge in [-0.15, -0.1) is 0 Å². The van der Waals surface area contributed by atoms with E-state index in [0.29, 0.717) is 5.75 Å². The van der Waals surface area contributed by atoms with Gasteiger partial charge in [0.2, 0.25) is 10.0 Å². The van der Waals surface area contributed by atoms with E-state index in [9.17, 15) is 8.42 Å². The summed E-state index contributed by atoms with van der Waals surface area (Å²) in [5, 5.41) is 3.20. The summed E-state index contributed by atoms with van der Waals surface area (Å²) in [5.41, 5.74) is 0. The zero-order valence-electron chi connectivity index (χ0n) is 10.3. The van der Waals surface area contributed by atoms with Crippen LogP contribution >= 0.6 is 0 Å². The average Bonchev–Trinajstić information content (AvgIpc) is 2.39. The zero-order valence-corrected chi connectivity index (χ0v) is 11.2. The topological polar surface area (TPSA) is 67.4 Å². The molecule has 0 spiro atoms. The number of benzene rings is 1. The molecule has 0 atom stereocenters. The molecule has 0 amide bonds. The van der Waals surface area contributed by atoms with Crippen molar-refractivity contribution in [3.63, 3.8) is 0 Å². The van der Waals surface area contributed by atoms with E-state index < -0.39 is 10.0 Å². The van der Waals surface area contributed by atoms with E-state index in [1.54, 1.807) is 31.4 Å². The minimum atomic E-state index is -3.42. The van der Waals surface area contributed by atoms with Gasteiger partial charge < -0.3 is 10.1 Å². The lowest BCUT2D eigenvalue weighted by atomic mass is 10.1. The van der Waals surface area contributed by atoms with E-state index in [1.165, 1.54) is 0 Å². The molecule has 1 saturated heterocycles. The number of piperidine rings is 1. The van der Waals surface area contributed by atoms with Crippen LogP contribution < -0.4 is 14.8 Å². The molecule has 5 nitrogen and oxygen atoms in total. The van der Waals surface area contributed by atoms with Crippen molar-refractivity contribution in [1.82, 2.24) is 10.0 Å². The summed E-state index contributed by atoms with van der Waals surface area (Å²) in [6.45, 7) is 1.71. The predicted octanol–water partition coefficient (Wildman–Crippen LogP) is 0.725. The molecule has 0 aromatic heterocycles. The highest BCUT2D eigenvalue weighted by molar-refractivity contribution is 7.89. The van der Waals surface area contributed by atoms with Gasteiger partial charge in [0.05, 0.1) is 12.0 Å². The zero-order chi connectivity index (χ0) is 13.0. The van der Waals surface area contributed by atoms with Crippen molar-refractivity contribution >= 4 is 10.0 Å². The highest BCUT2D eigenvalue weighted by Gasteiger charge is 2.21. The Morgan fingerprint density at radius 2 is 1.83 bits per heavy atom. The van der Waals surface area contributed by atoms with Crippen molar-refractivity contribution in [2.75, 3.05) is 20.2 Å². The van der Waals surface area contributed by atoms with Gasteiger partial charge in [-0.25, -0.2) is 13.1 Å². The van der Waals surface area contributed by atoms with E-state index in [-0.39, 0.29) is 10.9 Å². The number of sulfonamides is 1. The number of hydrogen-bond acceptors (Lipinski definition) is 4. The molecule has 0 aliphatic carbocycles. The summed E-state index contributed by atoms with van der Waals surface area (Å²) in [7, 11) is -1.87. The van der Waals surface area contributed by atoms with E-state index in [4.69, 9.17) is 4.74 Å². The lowest BCUT2D eigenvalue weighted by Gasteiger charge is -2.23. The van der Waals surface area contributed by atoms with Crippen LogP contribution in [0.1, 0.15) is 12.8 Å². The second-order valence-corrected chi connectivity index (χ2v) is 6.04. The van der Waals surface area contributed by atoms with Crippen LogP contribution in [0.4, 0.5) is 0 Å². The minimum absolute atomic E-state index is 0.0263. The SMILES string of the molecule is COc1ccc(S(=O)(=O)NC2CCNCC2)cc1. The second kappa shape index (κ2) is 5.69. The monoisotopic (exact) mass is 270 g/mol. The Morgan fingerprint density at radius 3 is 2.39 bits per heavy atom. The fraction of sp³-hybridized carbons (Fsp3) is 0.500. The molecule has 18 heavy (non-hydrogen) atoms. The van der Waals surface area contributed by atoms with Crippen LogP contribution in [0, 0.1) is 0 Å². The Bertz CT molecular complexity index is 479. The summed E-state index contributed by atoms with van der Waals surface area (Å²) in [5.74, 6) is 0.649. The number of ether oxygens (including phenoxy) is 1. The molecule has 0 bridgehead atoms. The number of methoxy groups -OCH3 is 1. The van der Waals surface area contributed by atoms with Crippen LogP contribution in [0.2, 0.25) is 0 Å². The fourth-order valence-corrected chi connectivity index (χ4v) is 3.29. The van der Waals surface area contributed by atoms with E-state index in [0.717, 1.165) is 25.9 Å². The summed E-state index contributed by atoms with van der Waals surface area (Å²) in [6, 6.07) is 6.44. The molecule has 2 N–H and O–H groups in total. The molecule has 100 valence electrons. The van der Waals surface area contributed by atoms with E-state index in [2.05, 4.69) is 10.0 Å². The third-order valence-corrected chi connectivity index (χ3v) is 4.57. The molecule has 1 heterocycles. The first-order valence-corrected chi connectivity index (χ1v) is 7.47. The van der Waals surface area contributed by atoms with Crippen LogP contribution in [0.25, 0.3) is 0 Å². The Labute approximate surface area is 108 Å². The summed E-state index contributed by atoms with van der Waals surface area (Å²) < 4.78 is 32.0. The predicted molar refractivity (Wildman–Crippen MR) is 69.2 cm³/mol. The van der Waals surface area contributed by atoms with Crippen molar-refractivity contribution < 1.29 is 13.2 Å². The van der Waals surface area contributed by atoms with Crippen molar-refractivity contribution in [1.29, 1.82) is 0 Å². The molecule has 0 radical (unpaired) electrons. The third-order valence-electron chi connectivity index (χ3n) is 3.03. The highest BCUT2D eigenvalue weighted by Crippen LogP contribution is 2.16. The van der Waals surface area contributed by atoms with Gasteiger partial charge in [-0.05, 0) is 50.2 Å². The highest BCUT2D eigenvalue weighted by atomic mass is 32.2. The van der Waals surface area contributed by atoms with E-state index in [1.807, 2.05) is 0 Å². The van der Waals surface area contributed by atoms with Crippen LogP contribution in [0.5, 0.6) is 5.75 Å². The molecule has 1 aliphatic heterocycles. The van der Waals surface area contributed by atoms with Crippen molar-refractivity contribution in [3.05, 3.63) is 24.3 Å². The Morgan fingerprint density at radius 1 is 1.22 bits per heavy atom. The number of hydrogen-bond donors (Lipinski definition) is 2. The smallest absolute Gasteiger partial charge is 0.240 e. The largest absolute Gasteiger partial charge is 0.497 e. The lowest BCUT2D eigenvalue weighted by Crippen LogP contribution is -2.42. The molecule has 0 unspecified atom stereocenters. The first kappa shape index (κ1) is 13.3. The molecular formula is C12H18N2O3S. The summed E-state index contributed by atoms with van der Waals surface area (Å²) >= 11 is 0. The third kappa shape index (κ3) is 3.22. The molecule has 1 aromatic carbocycles. The maximum absolute atomic E-state index is 12.1. The normalized spacial score (nSPS) is 17.6.